The number of hydrogen-bond acceptors (Lipinski definition) is 8. The van der Waals surface area contributed by atoms with Crippen LogP contribution in [0.3, 0.4) is 0 Å². The van der Waals surface area contributed by atoms with E-state index < -0.39 is 49.4 Å². The van der Waals surface area contributed by atoms with Gasteiger partial charge in [-0.15, -0.1) is 0 Å². The third-order valence-corrected chi connectivity index (χ3v) is 3.43. The van der Waals surface area contributed by atoms with Crippen LogP contribution in [0, 0.1) is 0 Å². The maximum Gasteiger partial charge on any atom is 0.308 e. The number of hydrogen-bond donors (Lipinski definition) is 4. The van der Waals surface area contributed by atoms with Crippen molar-refractivity contribution in [1.29, 1.82) is 0 Å². The fourth-order valence-electron chi connectivity index (χ4n) is 2.08. The van der Waals surface area contributed by atoms with E-state index in [0.29, 0.717) is 6.61 Å². The lowest BCUT2D eigenvalue weighted by molar-refractivity contribution is -0.310. The number of carbonyl (C=O) groups excluding carboxylic acids is 1. The molecule has 4 N–H and O–H groups in total. The quantitative estimate of drug-likeness (QED) is 0.329. The summed E-state index contributed by atoms with van der Waals surface area (Å²) in [5.41, 5.74) is 0. The fourth-order valence-corrected chi connectivity index (χ4v) is 2.08. The van der Waals surface area contributed by atoms with Crippen molar-refractivity contribution >= 4 is 5.97 Å². The normalized spacial score (nSPS) is 33.5. The van der Waals surface area contributed by atoms with Gasteiger partial charge in [0.05, 0.1) is 25.7 Å². The van der Waals surface area contributed by atoms with Crippen LogP contribution in [0.2, 0.25) is 0 Å². The smallest absolute Gasteiger partial charge is 0.308 e. The molecule has 0 aromatic heterocycles. The zero-order valence-electron chi connectivity index (χ0n) is 12.9. The van der Waals surface area contributed by atoms with E-state index in [1.165, 1.54) is 0 Å². The molecule has 1 fully saturated rings. The Morgan fingerprint density at radius 1 is 1.23 bits per heavy atom. The summed E-state index contributed by atoms with van der Waals surface area (Å²) in [6, 6.07) is 0. The molecule has 6 atom stereocenters. The number of aliphatic hydroxyl groups is 4. The van der Waals surface area contributed by atoms with Gasteiger partial charge in [0.1, 0.15) is 24.4 Å². The highest BCUT2D eigenvalue weighted by Gasteiger charge is 2.44. The average Bonchev–Trinajstić information content (AvgIpc) is 2.48. The van der Waals surface area contributed by atoms with Crippen LogP contribution in [0.25, 0.3) is 0 Å². The van der Waals surface area contributed by atoms with Crippen LogP contribution in [0.15, 0.2) is 0 Å². The zero-order chi connectivity index (χ0) is 16.7. The largest absolute Gasteiger partial charge is 0.466 e. The SMILES string of the molecule is CCCCOC(=O)C[C@H](C)O[C@@H]1O[C@H](CO)[C@@H](O)[C@H](O)[C@H]1O. The van der Waals surface area contributed by atoms with Crippen LogP contribution in [0.5, 0.6) is 0 Å². The minimum atomic E-state index is -1.50. The Morgan fingerprint density at radius 3 is 2.50 bits per heavy atom. The molecule has 0 aromatic carbocycles. The van der Waals surface area contributed by atoms with Crippen molar-refractivity contribution < 1.29 is 39.4 Å². The highest BCUT2D eigenvalue weighted by atomic mass is 16.7. The summed E-state index contributed by atoms with van der Waals surface area (Å²) in [6.07, 6.45) is -5.63. The molecule has 0 aliphatic carbocycles. The summed E-state index contributed by atoms with van der Waals surface area (Å²) in [6.45, 7) is 3.40. The van der Waals surface area contributed by atoms with E-state index >= 15 is 0 Å². The van der Waals surface area contributed by atoms with Crippen molar-refractivity contribution in [2.24, 2.45) is 0 Å². The lowest BCUT2D eigenvalue weighted by Gasteiger charge is -2.40. The molecule has 1 saturated heterocycles. The van der Waals surface area contributed by atoms with Crippen LogP contribution in [0.4, 0.5) is 0 Å². The van der Waals surface area contributed by atoms with Gasteiger partial charge in [0.2, 0.25) is 0 Å². The van der Waals surface area contributed by atoms with Gasteiger partial charge < -0.3 is 34.6 Å². The Balaban J connectivity index is 2.45. The molecule has 130 valence electrons. The molecule has 1 aliphatic heterocycles. The van der Waals surface area contributed by atoms with Crippen molar-refractivity contribution in [2.75, 3.05) is 13.2 Å². The molecule has 8 nitrogen and oxygen atoms in total. The number of aliphatic hydroxyl groups excluding tert-OH is 4. The molecule has 0 spiro atoms. The Bertz CT molecular complexity index is 335. The minimum Gasteiger partial charge on any atom is -0.466 e. The summed E-state index contributed by atoms with van der Waals surface area (Å²) in [5.74, 6) is -0.425. The minimum absolute atomic E-state index is 0.0290. The molecular formula is C14H26O8. The van der Waals surface area contributed by atoms with Gasteiger partial charge in [-0.3, -0.25) is 4.79 Å². The van der Waals surface area contributed by atoms with Crippen LogP contribution in [-0.4, -0.2) is 76.4 Å². The number of rotatable bonds is 8. The fraction of sp³-hybridized carbons (Fsp3) is 0.929. The van der Waals surface area contributed by atoms with Crippen molar-refractivity contribution in [1.82, 2.24) is 0 Å². The molecule has 1 aliphatic rings. The van der Waals surface area contributed by atoms with Crippen LogP contribution >= 0.6 is 0 Å². The average molecular weight is 322 g/mol. The van der Waals surface area contributed by atoms with E-state index in [9.17, 15) is 20.1 Å². The molecule has 0 saturated carbocycles. The number of esters is 1. The van der Waals surface area contributed by atoms with Gasteiger partial charge >= 0.3 is 5.97 Å². The maximum atomic E-state index is 11.6. The first-order chi connectivity index (χ1) is 10.4. The van der Waals surface area contributed by atoms with Gasteiger partial charge in [0.25, 0.3) is 0 Å². The lowest BCUT2D eigenvalue weighted by Crippen LogP contribution is -2.59. The first-order valence-corrected chi connectivity index (χ1v) is 7.52. The number of carbonyl (C=O) groups is 1. The first kappa shape index (κ1) is 19.3. The Kier molecular flexibility index (Phi) is 8.23. The number of unbranched alkanes of at least 4 members (excludes halogenated alkanes) is 1. The summed E-state index contributed by atoms with van der Waals surface area (Å²) < 4.78 is 15.6. The molecule has 0 amide bonds. The van der Waals surface area contributed by atoms with E-state index in [1.54, 1.807) is 6.92 Å². The van der Waals surface area contributed by atoms with Crippen molar-refractivity contribution in [2.45, 2.75) is 69.9 Å². The van der Waals surface area contributed by atoms with Crippen LogP contribution in [-0.2, 0) is 19.0 Å². The van der Waals surface area contributed by atoms with Crippen LogP contribution in [0.1, 0.15) is 33.1 Å². The highest BCUT2D eigenvalue weighted by Crippen LogP contribution is 2.23. The molecular weight excluding hydrogens is 296 g/mol. The van der Waals surface area contributed by atoms with Gasteiger partial charge in [-0.1, -0.05) is 13.3 Å². The van der Waals surface area contributed by atoms with E-state index in [-0.39, 0.29) is 6.42 Å². The molecule has 0 unspecified atom stereocenters. The first-order valence-electron chi connectivity index (χ1n) is 7.52. The van der Waals surface area contributed by atoms with Crippen molar-refractivity contribution in [3.63, 3.8) is 0 Å². The monoisotopic (exact) mass is 322 g/mol. The molecule has 0 aromatic rings. The molecule has 1 heterocycles. The second kappa shape index (κ2) is 9.39. The van der Waals surface area contributed by atoms with Crippen molar-refractivity contribution in [3.8, 4) is 0 Å². The molecule has 0 radical (unpaired) electrons. The van der Waals surface area contributed by atoms with Crippen molar-refractivity contribution in [3.05, 3.63) is 0 Å². The van der Waals surface area contributed by atoms with Gasteiger partial charge in [0.15, 0.2) is 6.29 Å². The van der Waals surface area contributed by atoms with Gasteiger partial charge in [-0.2, -0.15) is 0 Å². The molecule has 0 bridgehead atoms. The van der Waals surface area contributed by atoms with E-state index in [0.717, 1.165) is 12.8 Å². The second-order valence-electron chi connectivity index (χ2n) is 5.42. The number of ether oxygens (including phenoxy) is 3. The van der Waals surface area contributed by atoms with E-state index in [4.69, 9.17) is 19.3 Å². The molecule has 8 heteroatoms. The Labute approximate surface area is 129 Å². The zero-order valence-corrected chi connectivity index (χ0v) is 12.9. The third-order valence-electron chi connectivity index (χ3n) is 3.43. The van der Waals surface area contributed by atoms with E-state index in [1.807, 2.05) is 6.92 Å². The Hall–Kier alpha value is -0.770. The summed E-state index contributed by atoms with van der Waals surface area (Å²) in [4.78, 5) is 11.6. The van der Waals surface area contributed by atoms with Gasteiger partial charge in [-0.25, -0.2) is 0 Å². The predicted molar refractivity (Wildman–Crippen MR) is 74.8 cm³/mol. The lowest BCUT2D eigenvalue weighted by atomic mass is 9.99. The topological polar surface area (TPSA) is 126 Å². The van der Waals surface area contributed by atoms with E-state index in [2.05, 4.69) is 0 Å². The third kappa shape index (κ3) is 5.45. The van der Waals surface area contributed by atoms with Gasteiger partial charge in [0, 0.05) is 0 Å². The standard InChI is InChI=1S/C14H26O8/c1-3-4-5-20-10(16)6-8(2)21-14-13(19)12(18)11(17)9(7-15)22-14/h8-9,11-15,17-19H,3-7H2,1-2H3/t8-,9+,11+,12-,13+,14+/m0/s1. The van der Waals surface area contributed by atoms with Gasteiger partial charge in [-0.05, 0) is 13.3 Å². The molecule has 1 rings (SSSR count). The highest BCUT2D eigenvalue weighted by molar-refractivity contribution is 5.69. The molecule has 22 heavy (non-hydrogen) atoms. The van der Waals surface area contributed by atoms with Crippen LogP contribution < -0.4 is 0 Å². The summed E-state index contributed by atoms with van der Waals surface area (Å²) in [7, 11) is 0. The Morgan fingerprint density at radius 2 is 1.91 bits per heavy atom. The second-order valence-corrected chi connectivity index (χ2v) is 5.42. The summed E-state index contributed by atoms with van der Waals surface area (Å²) >= 11 is 0. The predicted octanol–water partition coefficient (Wildman–Crippen LogP) is -1.08. The maximum absolute atomic E-state index is 11.6. The summed E-state index contributed by atoms with van der Waals surface area (Å²) in [5, 5.41) is 38.2.